The number of carbonyl (C=O) groups is 1. The fraction of sp³-hybridized carbons (Fsp3) is 0.267. The van der Waals surface area contributed by atoms with Gasteiger partial charge >= 0.3 is 5.97 Å². The van der Waals surface area contributed by atoms with Crippen molar-refractivity contribution >= 4 is 23.1 Å². The van der Waals surface area contributed by atoms with Gasteiger partial charge in [0, 0.05) is 12.3 Å². The third kappa shape index (κ3) is 2.22. The molecule has 1 aromatic carbocycles. The van der Waals surface area contributed by atoms with Gasteiger partial charge in [0.05, 0.1) is 10.9 Å². The van der Waals surface area contributed by atoms with Crippen LogP contribution in [0.3, 0.4) is 0 Å². The van der Waals surface area contributed by atoms with E-state index >= 15 is 0 Å². The first-order valence-electron chi connectivity index (χ1n) is 6.50. The molecule has 0 spiro atoms. The fourth-order valence-corrected chi connectivity index (χ4v) is 2.31. The Balaban J connectivity index is 2.20. The van der Waals surface area contributed by atoms with Gasteiger partial charge in [-0.3, -0.25) is 9.36 Å². The lowest BCUT2D eigenvalue weighted by Crippen LogP contribution is -2.20. The third-order valence-electron chi connectivity index (χ3n) is 3.52. The van der Waals surface area contributed by atoms with Crippen molar-refractivity contribution < 1.29 is 9.90 Å². The van der Waals surface area contributed by atoms with Gasteiger partial charge in [-0.25, -0.2) is 9.78 Å². The zero-order valence-corrected chi connectivity index (χ0v) is 11.0. The lowest BCUT2D eigenvalue weighted by Gasteiger charge is -2.07. The predicted molar refractivity (Wildman–Crippen MR) is 75.7 cm³/mol. The van der Waals surface area contributed by atoms with Crippen LogP contribution in [0.2, 0.25) is 0 Å². The van der Waals surface area contributed by atoms with Crippen LogP contribution in [-0.4, -0.2) is 20.6 Å². The van der Waals surface area contributed by atoms with Gasteiger partial charge in [0.1, 0.15) is 5.82 Å². The number of hydrogen-bond acceptors (Lipinski definition) is 3. The van der Waals surface area contributed by atoms with E-state index in [2.05, 4.69) is 4.98 Å². The Labute approximate surface area is 115 Å². The van der Waals surface area contributed by atoms with Crippen molar-refractivity contribution in [3.8, 4) is 0 Å². The molecule has 1 aliphatic carbocycles. The fourth-order valence-electron chi connectivity index (χ4n) is 2.31. The number of carboxylic acids is 1. The molecule has 5 heteroatoms. The van der Waals surface area contributed by atoms with Crippen molar-refractivity contribution in [3.63, 3.8) is 0 Å². The van der Waals surface area contributed by atoms with Crippen LogP contribution < -0.4 is 5.56 Å². The van der Waals surface area contributed by atoms with Crippen LogP contribution in [0.1, 0.15) is 30.1 Å². The van der Waals surface area contributed by atoms with Crippen LogP contribution >= 0.6 is 0 Å². The first-order valence-corrected chi connectivity index (χ1v) is 6.50. The molecule has 0 radical (unpaired) electrons. The Morgan fingerprint density at radius 3 is 2.85 bits per heavy atom. The molecule has 0 aliphatic heterocycles. The number of carboxylic acid groups (broad SMARTS) is 1. The summed E-state index contributed by atoms with van der Waals surface area (Å²) in [5.74, 6) is -0.0644. The maximum absolute atomic E-state index is 12.4. The van der Waals surface area contributed by atoms with Gasteiger partial charge in [-0.15, -0.1) is 0 Å². The lowest BCUT2D eigenvalue weighted by molar-refractivity contribution is -0.131. The van der Waals surface area contributed by atoms with E-state index in [-0.39, 0.29) is 5.56 Å². The van der Waals surface area contributed by atoms with Crippen LogP contribution in [0.5, 0.6) is 0 Å². The summed E-state index contributed by atoms with van der Waals surface area (Å²) in [6.07, 6.45) is 4.51. The van der Waals surface area contributed by atoms with Crippen LogP contribution in [-0.2, 0) is 4.79 Å². The van der Waals surface area contributed by atoms with E-state index in [0.29, 0.717) is 22.6 Å². The van der Waals surface area contributed by atoms with Gasteiger partial charge in [0.15, 0.2) is 0 Å². The summed E-state index contributed by atoms with van der Waals surface area (Å²) in [5.41, 5.74) is 1.58. The second kappa shape index (κ2) is 4.59. The molecule has 2 aromatic rings. The zero-order chi connectivity index (χ0) is 14.3. The summed E-state index contributed by atoms with van der Waals surface area (Å²) in [7, 11) is 0. The summed E-state index contributed by atoms with van der Waals surface area (Å²) in [6, 6.07) is 5.76. The normalized spacial score (nSPS) is 15.1. The van der Waals surface area contributed by atoms with Crippen molar-refractivity contribution in [3.05, 3.63) is 46.0 Å². The summed E-state index contributed by atoms with van der Waals surface area (Å²) in [5, 5.41) is 9.21. The molecule has 1 heterocycles. The Kier molecular flexibility index (Phi) is 2.89. The monoisotopic (exact) mass is 270 g/mol. The van der Waals surface area contributed by atoms with Crippen molar-refractivity contribution in [2.75, 3.05) is 0 Å². The number of nitrogens with zero attached hydrogens (tertiary/aromatic N) is 2. The highest BCUT2D eigenvalue weighted by molar-refractivity contribution is 5.84. The van der Waals surface area contributed by atoms with Crippen LogP contribution in [0.25, 0.3) is 17.1 Å². The van der Waals surface area contributed by atoms with Gasteiger partial charge in [0.25, 0.3) is 5.56 Å². The Morgan fingerprint density at radius 2 is 2.20 bits per heavy atom. The number of benzene rings is 1. The molecule has 0 bridgehead atoms. The predicted octanol–water partition coefficient (Wildman–Crippen LogP) is 2.14. The Hall–Kier alpha value is -2.43. The van der Waals surface area contributed by atoms with E-state index in [9.17, 15) is 9.59 Å². The quantitative estimate of drug-likeness (QED) is 0.867. The molecular weight excluding hydrogens is 256 g/mol. The molecule has 1 aromatic heterocycles. The molecule has 3 rings (SSSR count). The minimum atomic E-state index is -1.09. The standard InChI is InChI=1S/C15H14N2O3/c1-9-16-13-5-4-11(10-2-3-10)8-12(13)15(20)17(9)7-6-14(18)19/h4-8,10H,2-3H2,1H3,(H,18,19)/b7-6+. The van der Waals surface area contributed by atoms with E-state index in [1.807, 2.05) is 18.2 Å². The van der Waals surface area contributed by atoms with E-state index in [1.165, 1.54) is 10.8 Å². The molecule has 1 fully saturated rings. The highest BCUT2D eigenvalue weighted by atomic mass is 16.4. The SMILES string of the molecule is Cc1nc2ccc(C3CC3)cc2c(=O)n1/C=C/C(=O)O. The summed E-state index contributed by atoms with van der Waals surface area (Å²) >= 11 is 0. The Morgan fingerprint density at radius 1 is 1.45 bits per heavy atom. The average Bonchev–Trinajstić information content (AvgIpc) is 3.22. The molecule has 20 heavy (non-hydrogen) atoms. The van der Waals surface area contributed by atoms with Crippen molar-refractivity contribution in [1.82, 2.24) is 9.55 Å². The van der Waals surface area contributed by atoms with Crippen LogP contribution in [0.15, 0.2) is 29.1 Å². The van der Waals surface area contributed by atoms with Gasteiger partial charge in [0.2, 0.25) is 0 Å². The van der Waals surface area contributed by atoms with E-state index in [1.54, 1.807) is 6.92 Å². The maximum atomic E-state index is 12.4. The van der Waals surface area contributed by atoms with Crippen molar-refractivity contribution in [2.24, 2.45) is 0 Å². The molecule has 0 unspecified atom stereocenters. The first kappa shape index (κ1) is 12.6. The summed E-state index contributed by atoms with van der Waals surface area (Å²) < 4.78 is 1.27. The van der Waals surface area contributed by atoms with E-state index < -0.39 is 5.97 Å². The summed E-state index contributed by atoms with van der Waals surface area (Å²) in [4.78, 5) is 27.4. The summed E-state index contributed by atoms with van der Waals surface area (Å²) in [6.45, 7) is 1.68. The first-order chi connectivity index (χ1) is 9.56. The topological polar surface area (TPSA) is 72.2 Å². The average molecular weight is 270 g/mol. The van der Waals surface area contributed by atoms with Gasteiger partial charge in [-0.1, -0.05) is 6.07 Å². The van der Waals surface area contributed by atoms with E-state index in [0.717, 1.165) is 24.5 Å². The zero-order valence-electron chi connectivity index (χ0n) is 11.0. The van der Waals surface area contributed by atoms with E-state index in [4.69, 9.17) is 5.11 Å². The number of hydrogen-bond donors (Lipinski definition) is 1. The minimum Gasteiger partial charge on any atom is -0.478 e. The highest BCUT2D eigenvalue weighted by Crippen LogP contribution is 2.40. The number of rotatable bonds is 3. The molecule has 1 aliphatic rings. The van der Waals surface area contributed by atoms with Crippen molar-refractivity contribution in [1.29, 1.82) is 0 Å². The highest BCUT2D eigenvalue weighted by Gasteiger charge is 2.24. The molecule has 102 valence electrons. The van der Waals surface area contributed by atoms with Gasteiger partial charge in [-0.2, -0.15) is 0 Å². The molecule has 0 saturated heterocycles. The maximum Gasteiger partial charge on any atom is 0.329 e. The third-order valence-corrected chi connectivity index (χ3v) is 3.52. The minimum absolute atomic E-state index is 0.229. The van der Waals surface area contributed by atoms with Crippen LogP contribution in [0.4, 0.5) is 0 Å². The van der Waals surface area contributed by atoms with Gasteiger partial charge < -0.3 is 5.11 Å². The molecule has 5 nitrogen and oxygen atoms in total. The largest absolute Gasteiger partial charge is 0.478 e. The molecular formula is C15H14N2O3. The number of fused-ring (bicyclic) bond motifs is 1. The number of aromatic nitrogens is 2. The second-order valence-electron chi connectivity index (χ2n) is 5.04. The molecule has 1 saturated carbocycles. The van der Waals surface area contributed by atoms with Crippen molar-refractivity contribution in [2.45, 2.75) is 25.7 Å². The lowest BCUT2D eigenvalue weighted by atomic mass is 10.1. The van der Waals surface area contributed by atoms with Gasteiger partial charge in [-0.05, 0) is 43.4 Å². The molecule has 0 amide bonds. The Bertz CT molecular complexity index is 786. The number of aryl methyl sites for hydroxylation is 1. The molecule has 1 N–H and O–H groups in total. The molecule has 0 atom stereocenters. The number of aliphatic carboxylic acids is 1. The smallest absolute Gasteiger partial charge is 0.329 e. The second-order valence-corrected chi connectivity index (χ2v) is 5.04. The van der Waals surface area contributed by atoms with Crippen LogP contribution in [0, 0.1) is 6.92 Å².